The van der Waals surface area contributed by atoms with Gasteiger partial charge in [0.15, 0.2) is 0 Å². The summed E-state index contributed by atoms with van der Waals surface area (Å²) in [6.07, 6.45) is 6.26. The quantitative estimate of drug-likeness (QED) is 0.878. The summed E-state index contributed by atoms with van der Waals surface area (Å²) in [4.78, 5) is 27.2. The van der Waals surface area contributed by atoms with E-state index < -0.39 is 0 Å². The van der Waals surface area contributed by atoms with Crippen LogP contribution in [-0.4, -0.2) is 43.7 Å². The van der Waals surface area contributed by atoms with Gasteiger partial charge in [-0.2, -0.15) is 5.10 Å². The van der Waals surface area contributed by atoms with Crippen LogP contribution in [0.1, 0.15) is 66.0 Å². The van der Waals surface area contributed by atoms with Crippen molar-refractivity contribution in [2.24, 2.45) is 7.05 Å². The molecule has 1 N–H and O–H groups in total. The zero-order valence-electron chi connectivity index (χ0n) is 14.6. The fraction of sp³-hybridized carbons (Fsp3) is 0.556. The van der Waals surface area contributed by atoms with Gasteiger partial charge < -0.3 is 14.7 Å². The molecule has 2 saturated carbocycles. The molecule has 1 aliphatic heterocycles. The van der Waals surface area contributed by atoms with Crippen LogP contribution in [-0.2, 0) is 11.8 Å². The largest absolute Gasteiger partial charge is 0.351 e. The lowest BCUT2D eigenvalue weighted by atomic mass is 10.1. The molecule has 5 rings (SSSR count). The molecule has 2 atom stereocenters. The van der Waals surface area contributed by atoms with Crippen LogP contribution < -0.4 is 5.32 Å². The van der Waals surface area contributed by atoms with Crippen molar-refractivity contribution < 1.29 is 14.1 Å². The van der Waals surface area contributed by atoms with Crippen molar-refractivity contribution in [2.45, 2.75) is 56.1 Å². The number of carbonyl (C=O) groups excluding carboxylic acids is 2. The molecule has 3 heterocycles. The number of aromatic nitrogens is 3. The summed E-state index contributed by atoms with van der Waals surface area (Å²) in [5.41, 5.74) is 1.78. The van der Waals surface area contributed by atoms with Gasteiger partial charge in [0.05, 0.1) is 23.5 Å². The first kappa shape index (κ1) is 15.6. The van der Waals surface area contributed by atoms with E-state index in [4.69, 9.17) is 4.52 Å². The third-order valence-electron chi connectivity index (χ3n) is 5.53. The van der Waals surface area contributed by atoms with Gasteiger partial charge in [-0.05, 0) is 31.7 Å². The second-order valence-electron chi connectivity index (χ2n) is 7.53. The van der Waals surface area contributed by atoms with E-state index in [1.54, 1.807) is 16.9 Å². The van der Waals surface area contributed by atoms with Gasteiger partial charge in [0.25, 0.3) is 5.91 Å². The second kappa shape index (κ2) is 5.69. The fourth-order valence-electron chi connectivity index (χ4n) is 3.90. The number of carbonyl (C=O) groups is 2. The van der Waals surface area contributed by atoms with Crippen LogP contribution in [0.15, 0.2) is 22.9 Å². The maximum Gasteiger partial charge on any atom is 0.290 e. The third-order valence-corrected chi connectivity index (χ3v) is 5.53. The molecule has 0 radical (unpaired) electrons. The van der Waals surface area contributed by atoms with Gasteiger partial charge in [-0.3, -0.25) is 14.3 Å². The smallest absolute Gasteiger partial charge is 0.290 e. The molecule has 2 aliphatic carbocycles. The molecule has 2 aromatic rings. The van der Waals surface area contributed by atoms with E-state index in [0.29, 0.717) is 12.3 Å². The van der Waals surface area contributed by atoms with Crippen molar-refractivity contribution in [1.82, 2.24) is 25.2 Å². The normalized spacial score (nSPS) is 25.7. The van der Waals surface area contributed by atoms with Crippen LogP contribution in [0.3, 0.4) is 0 Å². The lowest BCUT2D eigenvalue weighted by molar-refractivity contribution is -0.129. The van der Waals surface area contributed by atoms with Gasteiger partial charge in [-0.15, -0.1) is 0 Å². The average Bonchev–Trinajstić information content (AvgIpc) is 3.52. The van der Waals surface area contributed by atoms with Gasteiger partial charge in [0.2, 0.25) is 11.7 Å². The van der Waals surface area contributed by atoms with Crippen LogP contribution in [0.25, 0.3) is 0 Å². The van der Waals surface area contributed by atoms with Gasteiger partial charge in [-0.25, -0.2) is 0 Å². The first-order chi connectivity index (χ1) is 12.6. The molecule has 3 aliphatic rings. The highest BCUT2D eigenvalue weighted by molar-refractivity contribution is 5.92. The Morgan fingerprint density at radius 2 is 2.12 bits per heavy atom. The van der Waals surface area contributed by atoms with Crippen LogP contribution in [0.4, 0.5) is 0 Å². The summed E-state index contributed by atoms with van der Waals surface area (Å²) in [5.74, 6) is 0.418. The summed E-state index contributed by atoms with van der Waals surface area (Å²) in [6, 6.07) is 3.41. The van der Waals surface area contributed by atoms with Crippen LogP contribution in [0, 0.1) is 0 Å². The minimum Gasteiger partial charge on any atom is -0.351 e. The van der Waals surface area contributed by atoms with E-state index in [9.17, 15) is 9.59 Å². The molecular formula is C18H21N5O3. The molecule has 0 aromatic carbocycles. The second-order valence-corrected chi connectivity index (χ2v) is 7.53. The predicted octanol–water partition coefficient (Wildman–Crippen LogP) is 1.52. The van der Waals surface area contributed by atoms with Crippen molar-refractivity contribution in [3.05, 3.63) is 35.5 Å². The molecule has 2 amide bonds. The van der Waals surface area contributed by atoms with E-state index >= 15 is 0 Å². The van der Waals surface area contributed by atoms with Gasteiger partial charge in [0.1, 0.15) is 0 Å². The highest BCUT2D eigenvalue weighted by atomic mass is 16.5. The van der Waals surface area contributed by atoms with Crippen LogP contribution in [0.2, 0.25) is 0 Å². The summed E-state index contributed by atoms with van der Waals surface area (Å²) in [5, 5.41) is 11.2. The van der Waals surface area contributed by atoms with E-state index in [2.05, 4.69) is 15.6 Å². The Morgan fingerprint density at radius 1 is 1.31 bits per heavy atom. The van der Waals surface area contributed by atoms with Crippen molar-refractivity contribution in [3.8, 4) is 0 Å². The zero-order chi connectivity index (χ0) is 17.8. The Morgan fingerprint density at radius 3 is 2.77 bits per heavy atom. The average molecular weight is 355 g/mol. The molecule has 8 heteroatoms. The Bertz CT molecular complexity index is 864. The molecule has 2 aromatic heterocycles. The fourth-order valence-corrected chi connectivity index (χ4v) is 3.90. The number of nitrogens with zero attached hydrogens (tertiary/aromatic N) is 4. The molecule has 8 nitrogen and oxygen atoms in total. The minimum absolute atomic E-state index is 0.0836. The summed E-state index contributed by atoms with van der Waals surface area (Å²) >= 11 is 0. The summed E-state index contributed by atoms with van der Waals surface area (Å²) in [7, 11) is 1.86. The third kappa shape index (κ3) is 2.60. The first-order valence-corrected chi connectivity index (χ1v) is 9.18. The van der Waals surface area contributed by atoms with Crippen molar-refractivity contribution >= 4 is 11.8 Å². The van der Waals surface area contributed by atoms with Gasteiger partial charge in [-0.1, -0.05) is 5.16 Å². The molecule has 0 spiro atoms. The lowest BCUT2D eigenvalue weighted by Gasteiger charge is -2.28. The zero-order valence-corrected chi connectivity index (χ0v) is 14.6. The highest BCUT2D eigenvalue weighted by Gasteiger charge is 2.49. The Kier molecular flexibility index (Phi) is 3.41. The van der Waals surface area contributed by atoms with Crippen molar-refractivity contribution in [2.75, 3.05) is 0 Å². The number of amides is 2. The van der Waals surface area contributed by atoms with Crippen molar-refractivity contribution in [1.29, 1.82) is 0 Å². The topological polar surface area (TPSA) is 93.3 Å². The number of aryl methyl sites for hydroxylation is 1. The number of hydrogen-bond acceptors (Lipinski definition) is 5. The molecule has 0 bridgehead atoms. The standard InChI is InChI=1S/C18H21N5O3/c1-22-14(6-7-19-22)17-13(9-16(24)23(17)11-4-5-11)20-18(25)15-8-12(21-26-15)10-2-3-10/h6-8,10-11,13,17H,2-5,9H2,1H3,(H,20,25)/t13-,17-/m1/s1. The summed E-state index contributed by atoms with van der Waals surface area (Å²) in [6.45, 7) is 0. The Labute approximate surface area is 150 Å². The van der Waals surface area contributed by atoms with E-state index in [-0.39, 0.29) is 35.7 Å². The number of hydrogen-bond donors (Lipinski definition) is 1. The number of rotatable bonds is 5. The predicted molar refractivity (Wildman–Crippen MR) is 90.2 cm³/mol. The monoisotopic (exact) mass is 355 g/mol. The Balaban J connectivity index is 1.39. The first-order valence-electron chi connectivity index (χ1n) is 9.18. The molecule has 136 valence electrons. The molecule has 0 unspecified atom stereocenters. The molecule has 3 fully saturated rings. The van der Waals surface area contributed by atoms with Gasteiger partial charge >= 0.3 is 0 Å². The molecule has 1 saturated heterocycles. The van der Waals surface area contributed by atoms with Gasteiger partial charge in [0, 0.05) is 37.7 Å². The minimum atomic E-state index is -0.313. The Hall–Kier alpha value is -2.64. The number of likely N-dealkylation sites (tertiary alicyclic amines) is 1. The van der Waals surface area contributed by atoms with E-state index in [1.165, 1.54) is 0 Å². The summed E-state index contributed by atoms with van der Waals surface area (Å²) < 4.78 is 7.00. The van der Waals surface area contributed by atoms with Crippen molar-refractivity contribution in [3.63, 3.8) is 0 Å². The maximum atomic E-state index is 12.7. The number of nitrogens with one attached hydrogen (secondary N) is 1. The highest BCUT2D eigenvalue weighted by Crippen LogP contribution is 2.42. The molecule has 26 heavy (non-hydrogen) atoms. The van der Waals surface area contributed by atoms with Crippen LogP contribution >= 0.6 is 0 Å². The van der Waals surface area contributed by atoms with E-state index in [1.807, 2.05) is 18.0 Å². The van der Waals surface area contributed by atoms with E-state index in [0.717, 1.165) is 37.1 Å². The maximum absolute atomic E-state index is 12.7. The lowest BCUT2D eigenvalue weighted by Crippen LogP contribution is -2.41. The SMILES string of the molecule is Cn1nccc1[C@H]1[C@H](NC(=O)c2cc(C3CC3)no2)CC(=O)N1C1CC1. The molecular weight excluding hydrogens is 334 g/mol. The van der Waals surface area contributed by atoms with Crippen LogP contribution in [0.5, 0.6) is 0 Å².